The summed E-state index contributed by atoms with van der Waals surface area (Å²) >= 11 is 6.27. The van der Waals surface area contributed by atoms with Gasteiger partial charge in [0.1, 0.15) is 11.1 Å². The van der Waals surface area contributed by atoms with Gasteiger partial charge in [-0.15, -0.1) is 11.6 Å². The molecule has 0 amide bonds. The van der Waals surface area contributed by atoms with Crippen LogP contribution in [0.3, 0.4) is 0 Å². The fraction of sp³-hybridized carbons (Fsp3) is 0.214. The number of hydrogen-bond donors (Lipinski definition) is 0. The Balaban J connectivity index is 2.45. The summed E-state index contributed by atoms with van der Waals surface area (Å²) in [4.78, 5) is 4.10. The zero-order valence-corrected chi connectivity index (χ0v) is 11.0. The van der Waals surface area contributed by atoms with Crippen molar-refractivity contribution in [3.8, 4) is 5.75 Å². The summed E-state index contributed by atoms with van der Waals surface area (Å²) in [7, 11) is 0. The second kappa shape index (κ2) is 5.97. The molecule has 5 heteroatoms. The first-order chi connectivity index (χ1) is 9.13. The maximum atomic E-state index is 13.4. The van der Waals surface area contributed by atoms with Crippen LogP contribution in [0.25, 0.3) is 0 Å². The van der Waals surface area contributed by atoms with Crippen LogP contribution in [0.1, 0.15) is 23.6 Å². The standard InChI is InChI=1S/C14H12ClF2NO/c1-2-19-13-8-11(17)10(16)7-9(13)14(15)12-5-3-4-6-18-12/h3-8,14H,2H2,1H3. The van der Waals surface area contributed by atoms with Crippen molar-refractivity contribution >= 4 is 11.6 Å². The molecule has 1 aromatic heterocycles. The number of ether oxygens (including phenoxy) is 1. The SMILES string of the molecule is CCOc1cc(F)c(F)cc1C(Cl)c1ccccn1. The Hall–Kier alpha value is -1.68. The number of alkyl halides is 1. The summed E-state index contributed by atoms with van der Waals surface area (Å²) in [5.41, 5.74) is 0.914. The second-order valence-electron chi connectivity index (χ2n) is 3.85. The number of hydrogen-bond acceptors (Lipinski definition) is 2. The molecule has 0 saturated carbocycles. The normalized spacial score (nSPS) is 12.2. The monoisotopic (exact) mass is 283 g/mol. The molecule has 0 fully saturated rings. The van der Waals surface area contributed by atoms with Gasteiger partial charge in [-0.05, 0) is 25.1 Å². The molecule has 0 aliphatic heterocycles. The lowest BCUT2D eigenvalue weighted by atomic mass is 10.1. The highest BCUT2D eigenvalue weighted by Gasteiger charge is 2.20. The summed E-state index contributed by atoms with van der Waals surface area (Å²) in [5.74, 6) is -1.69. The van der Waals surface area contributed by atoms with E-state index in [1.165, 1.54) is 0 Å². The van der Waals surface area contributed by atoms with Gasteiger partial charge in [0.05, 0.1) is 12.3 Å². The van der Waals surface area contributed by atoms with Crippen LogP contribution < -0.4 is 4.74 Å². The van der Waals surface area contributed by atoms with E-state index in [4.69, 9.17) is 16.3 Å². The summed E-state index contributed by atoms with van der Waals surface area (Å²) in [6.07, 6.45) is 1.59. The molecule has 0 bridgehead atoms. The fourth-order valence-corrected chi connectivity index (χ4v) is 2.01. The third-order valence-electron chi connectivity index (χ3n) is 2.57. The maximum Gasteiger partial charge on any atom is 0.162 e. The molecule has 2 nitrogen and oxygen atoms in total. The van der Waals surface area contributed by atoms with Crippen molar-refractivity contribution in [2.75, 3.05) is 6.61 Å². The van der Waals surface area contributed by atoms with Gasteiger partial charge >= 0.3 is 0 Å². The van der Waals surface area contributed by atoms with Crippen molar-refractivity contribution < 1.29 is 13.5 Å². The van der Waals surface area contributed by atoms with Crippen LogP contribution in [0.5, 0.6) is 5.75 Å². The number of halogens is 3. The molecule has 0 aliphatic carbocycles. The van der Waals surface area contributed by atoms with E-state index in [1.54, 1.807) is 31.3 Å². The first-order valence-corrected chi connectivity index (χ1v) is 6.24. The molecule has 1 heterocycles. The van der Waals surface area contributed by atoms with E-state index in [0.29, 0.717) is 17.9 Å². The molecule has 0 radical (unpaired) electrons. The van der Waals surface area contributed by atoms with Crippen LogP contribution in [0.4, 0.5) is 8.78 Å². The molecule has 2 aromatic rings. The number of benzene rings is 1. The zero-order chi connectivity index (χ0) is 13.8. The second-order valence-corrected chi connectivity index (χ2v) is 4.29. The molecule has 2 rings (SSSR count). The predicted molar refractivity (Wildman–Crippen MR) is 69.5 cm³/mol. The fourth-order valence-electron chi connectivity index (χ4n) is 1.71. The van der Waals surface area contributed by atoms with Gasteiger partial charge in [0, 0.05) is 17.8 Å². The van der Waals surface area contributed by atoms with Crippen molar-refractivity contribution in [2.45, 2.75) is 12.3 Å². The molecule has 0 saturated heterocycles. The highest BCUT2D eigenvalue weighted by molar-refractivity contribution is 6.22. The van der Waals surface area contributed by atoms with Crippen molar-refractivity contribution in [1.29, 1.82) is 0 Å². The van der Waals surface area contributed by atoms with Gasteiger partial charge in [-0.3, -0.25) is 4.98 Å². The largest absolute Gasteiger partial charge is 0.493 e. The summed E-state index contributed by atoms with van der Waals surface area (Å²) in [5, 5.41) is -0.696. The van der Waals surface area contributed by atoms with Crippen molar-refractivity contribution in [2.24, 2.45) is 0 Å². The Labute approximate surface area is 115 Å². The summed E-state index contributed by atoms with van der Waals surface area (Å²) in [6, 6.07) is 7.30. The molecule has 100 valence electrons. The summed E-state index contributed by atoms with van der Waals surface area (Å²) in [6.45, 7) is 2.10. The Kier molecular flexibility index (Phi) is 4.32. The molecule has 0 spiro atoms. The highest BCUT2D eigenvalue weighted by Crippen LogP contribution is 2.35. The lowest BCUT2D eigenvalue weighted by molar-refractivity contribution is 0.332. The Bertz CT molecular complexity index is 563. The van der Waals surface area contributed by atoms with Crippen molar-refractivity contribution in [3.63, 3.8) is 0 Å². The topological polar surface area (TPSA) is 22.1 Å². The van der Waals surface area contributed by atoms with Crippen LogP contribution >= 0.6 is 11.6 Å². The van der Waals surface area contributed by atoms with Crippen LogP contribution in [-0.4, -0.2) is 11.6 Å². The number of rotatable bonds is 4. The van der Waals surface area contributed by atoms with Gasteiger partial charge in [-0.1, -0.05) is 6.07 Å². The number of aromatic nitrogens is 1. The Morgan fingerprint density at radius 3 is 2.63 bits per heavy atom. The van der Waals surface area contributed by atoms with Gasteiger partial charge < -0.3 is 4.74 Å². The van der Waals surface area contributed by atoms with E-state index in [9.17, 15) is 8.78 Å². The van der Waals surface area contributed by atoms with Gasteiger partial charge in [0.25, 0.3) is 0 Å². The molecule has 1 unspecified atom stereocenters. The van der Waals surface area contributed by atoms with E-state index < -0.39 is 17.0 Å². The maximum absolute atomic E-state index is 13.4. The first-order valence-electron chi connectivity index (χ1n) is 5.80. The van der Waals surface area contributed by atoms with Gasteiger partial charge in [-0.2, -0.15) is 0 Å². The lowest BCUT2D eigenvalue weighted by Crippen LogP contribution is -2.03. The third kappa shape index (κ3) is 3.01. The average molecular weight is 284 g/mol. The number of nitrogens with zero attached hydrogens (tertiary/aromatic N) is 1. The predicted octanol–water partition coefficient (Wildman–Crippen LogP) is 4.09. The molecule has 1 aromatic carbocycles. The zero-order valence-electron chi connectivity index (χ0n) is 10.2. The molecule has 19 heavy (non-hydrogen) atoms. The van der Waals surface area contributed by atoms with Gasteiger partial charge in [-0.25, -0.2) is 8.78 Å². The van der Waals surface area contributed by atoms with E-state index in [1.807, 2.05) is 0 Å². The molecular weight excluding hydrogens is 272 g/mol. The van der Waals surface area contributed by atoms with Crippen LogP contribution in [0.2, 0.25) is 0 Å². The smallest absolute Gasteiger partial charge is 0.162 e. The highest BCUT2D eigenvalue weighted by atomic mass is 35.5. The summed E-state index contributed by atoms with van der Waals surface area (Å²) < 4.78 is 31.9. The Morgan fingerprint density at radius 1 is 1.26 bits per heavy atom. The van der Waals surface area contributed by atoms with E-state index >= 15 is 0 Å². The first kappa shape index (κ1) is 13.7. The van der Waals surface area contributed by atoms with Gasteiger partial charge in [0.15, 0.2) is 11.6 Å². The van der Waals surface area contributed by atoms with E-state index in [-0.39, 0.29) is 5.75 Å². The average Bonchev–Trinajstić information content (AvgIpc) is 2.43. The molecule has 1 atom stereocenters. The Morgan fingerprint density at radius 2 is 2.00 bits per heavy atom. The minimum Gasteiger partial charge on any atom is -0.493 e. The van der Waals surface area contributed by atoms with Crippen LogP contribution in [0, 0.1) is 11.6 Å². The van der Waals surface area contributed by atoms with E-state index in [2.05, 4.69) is 4.98 Å². The van der Waals surface area contributed by atoms with Crippen molar-refractivity contribution in [3.05, 3.63) is 59.4 Å². The number of pyridine rings is 1. The quantitative estimate of drug-likeness (QED) is 0.789. The molecule has 0 aliphatic rings. The minimum atomic E-state index is -0.961. The molecule has 0 N–H and O–H groups in total. The third-order valence-corrected chi connectivity index (χ3v) is 3.03. The molecular formula is C14H12ClF2NO. The minimum absolute atomic E-state index is 0.229. The van der Waals surface area contributed by atoms with Crippen molar-refractivity contribution in [1.82, 2.24) is 4.98 Å². The van der Waals surface area contributed by atoms with Crippen LogP contribution in [0.15, 0.2) is 36.5 Å². The van der Waals surface area contributed by atoms with E-state index in [0.717, 1.165) is 12.1 Å². The lowest BCUT2D eigenvalue weighted by Gasteiger charge is -2.15. The van der Waals surface area contributed by atoms with Gasteiger partial charge in [0.2, 0.25) is 0 Å². The van der Waals surface area contributed by atoms with Crippen LogP contribution in [-0.2, 0) is 0 Å².